The Balaban J connectivity index is 0.000000320. The lowest BCUT2D eigenvalue weighted by atomic mass is 10.2. The third-order valence-electron chi connectivity index (χ3n) is 3.32. The molecule has 0 saturated heterocycles. The average Bonchev–Trinajstić information content (AvgIpc) is 2.67. The van der Waals surface area contributed by atoms with E-state index in [-0.39, 0.29) is 0 Å². The largest absolute Gasteiger partial charge is 0.497 e. The molecule has 0 fully saturated rings. The van der Waals surface area contributed by atoms with Gasteiger partial charge in [0.2, 0.25) is 0 Å². The van der Waals surface area contributed by atoms with Crippen molar-refractivity contribution in [1.82, 2.24) is 0 Å². The highest BCUT2D eigenvalue weighted by molar-refractivity contribution is 5.65. The molecular weight excluding hydrogens is 452 g/mol. The van der Waals surface area contributed by atoms with Crippen LogP contribution in [0.15, 0.2) is 24.3 Å². The number of hydrogen-bond acceptors (Lipinski definition) is 14. The van der Waals surface area contributed by atoms with Crippen LogP contribution < -0.4 is 0 Å². The van der Waals surface area contributed by atoms with E-state index in [0.29, 0.717) is 24.3 Å². The highest BCUT2D eigenvalue weighted by Crippen LogP contribution is 2.40. The Morgan fingerprint density at radius 3 is 0.750 bits per heavy atom. The maximum absolute atomic E-state index is 10.4. The summed E-state index contributed by atoms with van der Waals surface area (Å²) < 4.78 is 0. The van der Waals surface area contributed by atoms with E-state index >= 15 is 0 Å². The number of aromatic hydroxyl groups is 2. The van der Waals surface area contributed by atoms with Crippen LogP contribution in [0.3, 0.4) is 0 Å². The number of nitro groups is 6. The number of nitro benzene ring substituents is 6. The molecule has 2 N–H and O–H groups in total. The Labute approximate surface area is 171 Å². The first kappa shape index (κ1) is 24.5. The van der Waals surface area contributed by atoms with E-state index in [0.717, 1.165) is 0 Å². The molecule has 2 aromatic carbocycles. The van der Waals surface area contributed by atoms with Crippen LogP contribution in [0.1, 0.15) is 0 Å². The molecule has 20 heteroatoms. The lowest BCUT2D eigenvalue weighted by Gasteiger charge is -1.97. The maximum atomic E-state index is 10.4. The summed E-state index contributed by atoms with van der Waals surface area (Å²) in [5, 5.41) is 80.4. The molecule has 0 bridgehead atoms. The van der Waals surface area contributed by atoms with Gasteiger partial charge in [-0.2, -0.15) is 0 Å². The Kier molecular flexibility index (Phi) is 7.11. The summed E-state index contributed by atoms with van der Waals surface area (Å²) in [5.74, 6) is -2.42. The van der Waals surface area contributed by atoms with Crippen molar-refractivity contribution in [3.05, 3.63) is 85.0 Å². The Morgan fingerprint density at radius 2 is 0.625 bits per heavy atom. The number of non-ortho nitro benzene ring substituents is 2. The van der Waals surface area contributed by atoms with Gasteiger partial charge in [-0.15, -0.1) is 0 Å². The van der Waals surface area contributed by atoms with E-state index in [2.05, 4.69) is 0 Å². The molecule has 0 aromatic heterocycles. The van der Waals surface area contributed by atoms with Crippen LogP contribution in [0, 0.1) is 60.7 Å². The number of rotatable bonds is 6. The predicted molar refractivity (Wildman–Crippen MR) is 96.1 cm³/mol. The number of phenols is 2. The molecule has 0 saturated carbocycles. The third-order valence-corrected chi connectivity index (χ3v) is 3.32. The summed E-state index contributed by atoms with van der Waals surface area (Å²) in [6, 6.07) is 1.79. The molecule has 2 rings (SSSR count). The van der Waals surface area contributed by atoms with E-state index in [1.54, 1.807) is 0 Å². The average molecular weight is 458 g/mol. The number of phenolic OH excluding ortho intramolecular Hbond substituents is 2. The van der Waals surface area contributed by atoms with Crippen LogP contribution in [-0.2, 0) is 0 Å². The van der Waals surface area contributed by atoms with Crippen LogP contribution in [0.4, 0.5) is 34.1 Å². The monoisotopic (exact) mass is 458 g/mol. The second-order valence-corrected chi connectivity index (χ2v) is 5.21. The van der Waals surface area contributed by atoms with Crippen molar-refractivity contribution in [2.45, 2.75) is 0 Å². The molecule has 0 radical (unpaired) electrons. The third kappa shape index (κ3) is 5.28. The molecule has 0 heterocycles. The summed E-state index contributed by atoms with van der Waals surface area (Å²) in [7, 11) is 0. The first-order chi connectivity index (χ1) is 14.7. The van der Waals surface area contributed by atoms with Crippen molar-refractivity contribution in [3.8, 4) is 11.5 Å². The summed E-state index contributed by atoms with van der Waals surface area (Å²) in [6.45, 7) is 0. The van der Waals surface area contributed by atoms with Gasteiger partial charge in [0.05, 0.1) is 53.8 Å². The zero-order valence-electron chi connectivity index (χ0n) is 14.8. The zero-order chi connectivity index (χ0) is 24.9. The fourth-order valence-electron chi connectivity index (χ4n) is 1.95. The van der Waals surface area contributed by atoms with Gasteiger partial charge < -0.3 is 10.2 Å². The molecule has 0 amide bonds. The predicted octanol–water partition coefficient (Wildman–Crippen LogP) is 2.23. The van der Waals surface area contributed by atoms with Gasteiger partial charge in [-0.05, 0) is 0 Å². The van der Waals surface area contributed by atoms with Crippen molar-refractivity contribution in [3.63, 3.8) is 0 Å². The van der Waals surface area contributed by atoms with Crippen LogP contribution in [0.25, 0.3) is 0 Å². The van der Waals surface area contributed by atoms with Crippen molar-refractivity contribution < 1.29 is 39.8 Å². The van der Waals surface area contributed by atoms with Gasteiger partial charge in [0.1, 0.15) is 0 Å². The second kappa shape index (κ2) is 9.29. The summed E-state index contributed by atoms with van der Waals surface area (Å²) >= 11 is 0. The Morgan fingerprint density at radius 1 is 0.438 bits per heavy atom. The SMILES string of the molecule is O=[N+]([O-])c1cc([N+](=O)[O-])c(O)c([N+](=O)[O-])c1.O=[N+]([O-])c1cc([N+](=O)[O-])c(O)c([N+](=O)[O-])c1. The Bertz CT molecular complexity index is 1020. The van der Waals surface area contributed by atoms with E-state index in [4.69, 9.17) is 10.2 Å². The highest BCUT2D eigenvalue weighted by Gasteiger charge is 2.31. The minimum Gasteiger partial charge on any atom is -0.497 e. The molecule has 0 aliphatic rings. The van der Waals surface area contributed by atoms with Gasteiger partial charge in [-0.3, -0.25) is 60.7 Å². The molecule has 0 aliphatic heterocycles. The maximum Gasteiger partial charge on any atom is 0.324 e. The quantitative estimate of drug-likeness (QED) is 0.463. The molecule has 0 spiro atoms. The topological polar surface area (TPSA) is 299 Å². The first-order valence-electron chi connectivity index (χ1n) is 7.29. The van der Waals surface area contributed by atoms with Crippen molar-refractivity contribution in [1.29, 1.82) is 0 Å². The fourth-order valence-corrected chi connectivity index (χ4v) is 1.95. The summed E-state index contributed by atoms with van der Waals surface area (Å²) in [6.07, 6.45) is 0. The van der Waals surface area contributed by atoms with E-state index in [9.17, 15) is 60.7 Å². The van der Waals surface area contributed by atoms with Gasteiger partial charge in [0.15, 0.2) is 0 Å². The molecule has 2 aromatic rings. The molecular formula is C12H6N6O14. The lowest BCUT2D eigenvalue weighted by Crippen LogP contribution is -1.97. The van der Waals surface area contributed by atoms with Gasteiger partial charge in [-0.1, -0.05) is 0 Å². The van der Waals surface area contributed by atoms with Crippen LogP contribution in [-0.4, -0.2) is 39.8 Å². The van der Waals surface area contributed by atoms with E-state index < -0.39 is 75.2 Å². The minimum atomic E-state index is -1.21. The van der Waals surface area contributed by atoms with E-state index in [1.165, 1.54) is 0 Å². The normalized spacial score (nSPS) is 9.75. The van der Waals surface area contributed by atoms with E-state index in [1.807, 2.05) is 0 Å². The molecule has 0 unspecified atom stereocenters. The molecule has 20 nitrogen and oxygen atoms in total. The molecule has 32 heavy (non-hydrogen) atoms. The second-order valence-electron chi connectivity index (χ2n) is 5.21. The smallest absolute Gasteiger partial charge is 0.324 e. The number of nitrogens with zero attached hydrogens (tertiary/aromatic N) is 6. The van der Waals surface area contributed by atoms with Crippen LogP contribution >= 0.6 is 0 Å². The summed E-state index contributed by atoms with van der Waals surface area (Å²) in [5.41, 5.74) is -6.00. The number of benzene rings is 2. The van der Waals surface area contributed by atoms with Crippen molar-refractivity contribution in [2.75, 3.05) is 0 Å². The van der Waals surface area contributed by atoms with Crippen molar-refractivity contribution in [2.24, 2.45) is 0 Å². The molecule has 0 aliphatic carbocycles. The van der Waals surface area contributed by atoms with Gasteiger partial charge >= 0.3 is 22.7 Å². The van der Waals surface area contributed by atoms with Gasteiger partial charge in [0, 0.05) is 0 Å². The standard InChI is InChI=1S/2C6H3N3O7/c2*10-6-4(8(13)14)1-3(7(11)12)2-5(6)9(15)16/h2*1-2,10H. The first-order valence-corrected chi connectivity index (χ1v) is 7.29. The van der Waals surface area contributed by atoms with Gasteiger partial charge in [-0.25, -0.2) is 0 Å². The Hall–Kier alpha value is -5.56. The zero-order valence-corrected chi connectivity index (χ0v) is 14.8. The minimum absolute atomic E-state index is 0.447. The van der Waals surface area contributed by atoms with Gasteiger partial charge in [0.25, 0.3) is 22.9 Å². The van der Waals surface area contributed by atoms with Crippen molar-refractivity contribution >= 4 is 34.1 Å². The fraction of sp³-hybridized carbons (Fsp3) is 0. The highest BCUT2D eigenvalue weighted by atomic mass is 16.7. The molecule has 0 atom stereocenters. The van der Waals surface area contributed by atoms with Crippen LogP contribution in [0.2, 0.25) is 0 Å². The summed E-state index contributed by atoms with van der Waals surface area (Å²) in [4.78, 5) is 55.5. The lowest BCUT2D eigenvalue weighted by molar-refractivity contribution is -0.404. The van der Waals surface area contributed by atoms with Crippen LogP contribution in [0.5, 0.6) is 11.5 Å². The number of hydrogen-bond donors (Lipinski definition) is 2. The molecule has 168 valence electrons.